The fourth-order valence-electron chi connectivity index (χ4n) is 4.84. The number of nitrogens with one attached hydrogen (secondary N) is 3. The summed E-state index contributed by atoms with van der Waals surface area (Å²) in [6.07, 6.45) is 1.26. The van der Waals surface area contributed by atoms with E-state index in [4.69, 9.17) is 10.5 Å². The number of cyclic esters (lactones) is 1. The van der Waals surface area contributed by atoms with Crippen LogP contribution in [-0.2, 0) is 27.3 Å². The van der Waals surface area contributed by atoms with Crippen LogP contribution in [-0.4, -0.2) is 48.1 Å². The van der Waals surface area contributed by atoms with E-state index < -0.39 is 30.0 Å². The number of halogens is 1. The molecule has 0 bridgehead atoms. The van der Waals surface area contributed by atoms with Crippen molar-refractivity contribution in [1.82, 2.24) is 15.6 Å². The molecule has 1 saturated heterocycles. The van der Waals surface area contributed by atoms with Gasteiger partial charge in [-0.25, -0.2) is 9.18 Å². The molecule has 10 heteroatoms. The lowest BCUT2D eigenvalue weighted by atomic mass is 10.0. The number of nitrogens with two attached hydrogens (primary N) is 1. The number of carbonyl (C=O) groups excluding carboxylic acids is 3. The molecule has 0 radical (unpaired) electrons. The molecule has 206 valence electrons. The van der Waals surface area contributed by atoms with E-state index in [2.05, 4.69) is 15.6 Å². The van der Waals surface area contributed by atoms with Gasteiger partial charge < -0.3 is 26.1 Å². The lowest BCUT2D eigenvalue weighted by Crippen LogP contribution is -2.42. The largest absolute Gasteiger partial charge is 0.442 e. The Morgan fingerprint density at radius 2 is 1.93 bits per heavy atom. The van der Waals surface area contributed by atoms with Crippen molar-refractivity contribution in [3.8, 4) is 11.1 Å². The highest BCUT2D eigenvalue weighted by Gasteiger charge is 2.32. The van der Waals surface area contributed by atoms with Crippen LogP contribution >= 0.6 is 0 Å². The Morgan fingerprint density at radius 3 is 2.65 bits per heavy atom. The molecule has 1 aliphatic heterocycles. The molecule has 1 unspecified atom stereocenters. The number of hydrogen-bond donors (Lipinski definition) is 4. The van der Waals surface area contributed by atoms with Gasteiger partial charge in [-0.3, -0.25) is 14.5 Å². The Morgan fingerprint density at radius 1 is 1.15 bits per heavy atom. The molecule has 1 aliphatic rings. The second kappa shape index (κ2) is 11.6. The van der Waals surface area contributed by atoms with E-state index >= 15 is 4.39 Å². The number of rotatable bonds is 10. The van der Waals surface area contributed by atoms with E-state index in [1.165, 1.54) is 17.9 Å². The Hall–Kier alpha value is -4.70. The molecule has 9 nitrogen and oxygen atoms in total. The van der Waals surface area contributed by atoms with Gasteiger partial charge in [0.2, 0.25) is 11.8 Å². The molecule has 2 heterocycles. The van der Waals surface area contributed by atoms with Gasteiger partial charge in [0.05, 0.1) is 24.8 Å². The summed E-state index contributed by atoms with van der Waals surface area (Å²) >= 11 is 0. The maximum atomic E-state index is 15.1. The van der Waals surface area contributed by atoms with E-state index in [-0.39, 0.29) is 19.0 Å². The molecule has 1 fully saturated rings. The van der Waals surface area contributed by atoms with E-state index in [9.17, 15) is 14.4 Å². The van der Waals surface area contributed by atoms with Crippen molar-refractivity contribution < 1.29 is 23.5 Å². The molecule has 0 aliphatic carbocycles. The van der Waals surface area contributed by atoms with Crippen molar-refractivity contribution in [2.24, 2.45) is 5.73 Å². The molecule has 3 amide bonds. The van der Waals surface area contributed by atoms with Gasteiger partial charge in [-0.1, -0.05) is 42.5 Å². The van der Waals surface area contributed by atoms with E-state index in [0.717, 1.165) is 22.0 Å². The quantitative estimate of drug-likeness (QED) is 0.243. The average molecular weight is 544 g/mol. The first kappa shape index (κ1) is 26.9. The Labute approximate surface area is 230 Å². The van der Waals surface area contributed by atoms with Gasteiger partial charge in [0.25, 0.3) is 0 Å². The highest BCUT2D eigenvalue weighted by atomic mass is 19.1. The number of para-hydroxylation sites is 1. The number of anilines is 1. The second-order valence-electron chi connectivity index (χ2n) is 9.81. The average Bonchev–Trinajstić information content (AvgIpc) is 3.53. The number of H-pyrrole nitrogens is 1. The van der Waals surface area contributed by atoms with Crippen LogP contribution in [0.1, 0.15) is 18.1 Å². The SMILES string of the molecule is CC(=O)NC[C@H]1CN(c2ccc(-c3ccc(CNC(Cc4c[nH]c5ccccc45)C(N)=O)cc3)c(F)c2)C(=O)O1. The zero-order valence-corrected chi connectivity index (χ0v) is 21.9. The number of primary amides is 1. The maximum Gasteiger partial charge on any atom is 0.414 e. The maximum absolute atomic E-state index is 15.1. The number of aromatic amines is 1. The summed E-state index contributed by atoms with van der Waals surface area (Å²) in [5.41, 5.74) is 10.0. The molecule has 5 N–H and O–H groups in total. The number of carbonyl (C=O) groups is 3. The van der Waals surface area contributed by atoms with Gasteiger partial charge in [0.15, 0.2) is 0 Å². The molecule has 0 spiro atoms. The summed E-state index contributed by atoms with van der Waals surface area (Å²) in [5.74, 6) is -1.13. The topological polar surface area (TPSA) is 130 Å². The first-order valence-corrected chi connectivity index (χ1v) is 13.0. The molecule has 1 aromatic heterocycles. The van der Waals surface area contributed by atoms with Crippen LogP contribution in [0.5, 0.6) is 0 Å². The van der Waals surface area contributed by atoms with Gasteiger partial charge in [-0.05, 0) is 47.4 Å². The van der Waals surface area contributed by atoms with Crippen LogP contribution in [0.25, 0.3) is 22.0 Å². The van der Waals surface area contributed by atoms with Gasteiger partial charge in [0, 0.05) is 36.1 Å². The minimum absolute atomic E-state index is 0.197. The van der Waals surface area contributed by atoms with Crippen LogP contribution in [0.4, 0.5) is 14.9 Å². The highest BCUT2D eigenvalue weighted by Crippen LogP contribution is 2.29. The molecule has 3 aromatic carbocycles. The smallest absolute Gasteiger partial charge is 0.414 e. The van der Waals surface area contributed by atoms with Gasteiger partial charge in [0.1, 0.15) is 11.9 Å². The van der Waals surface area contributed by atoms with E-state index in [0.29, 0.717) is 29.8 Å². The first-order chi connectivity index (χ1) is 19.3. The number of ether oxygens (including phenoxy) is 1. The summed E-state index contributed by atoms with van der Waals surface area (Å²) in [7, 11) is 0. The van der Waals surface area contributed by atoms with Crippen molar-refractivity contribution >= 4 is 34.5 Å². The van der Waals surface area contributed by atoms with Crippen LogP contribution in [0.3, 0.4) is 0 Å². The fourth-order valence-corrected chi connectivity index (χ4v) is 4.84. The zero-order valence-electron chi connectivity index (χ0n) is 21.9. The van der Waals surface area contributed by atoms with Gasteiger partial charge in [-0.15, -0.1) is 0 Å². The first-order valence-electron chi connectivity index (χ1n) is 13.0. The van der Waals surface area contributed by atoms with Crippen molar-refractivity contribution in [3.05, 3.63) is 89.9 Å². The third kappa shape index (κ3) is 5.97. The Bertz CT molecular complexity index is 1550. The summed E-state index contributed by atoms with van der Waals surface area (Å²) in [6, 6.07) is 19.3. The molecule has 0 saturated carbocycles. The minimum atomic E-state index is -0.585. The molecule has 4 aromatic rings. The number of benzene rings is 3. The van der Waals surface area contributed by atoms with Crippen LogP contribution in [0.2, 0.25) is 0 Å². The molecule has 40 heavy (non-hydrogen) atoms. The van der Waals surface area contributed by atoms with Crippen molar-refractivity contribution in [2.75, 3.05) is 18.0 Å². The monoisotopic (exact) mass is 543 g/mol. The molecular formula is C30H30FN5O4. The van der Waals surface area contributed by atoms with Gasteiger partial charge in [-0.2, -0.15) is 0 Å². The number of aromatic nitrogens is 1. The van der Waals surface area contributed by atoms with Crippen LogP contribution in [0, 0.1) is 5.82 Å². The molecular weight excluding hydrogens is 513 g/mol. The van der Waals surface area contributed by atoms with Gasteiger partial charge >= 0.3 is 6.09 Å². The number of nitrogens with zero attached hydrogens (tertiary/aromatic N) is 1. The van der Waals surface area contributed by atoms with E-state index in [1.807, 2.05) is 54.7 Å². The normalized spacial score (nSPS) is 15.7. The third-order valence-corrected chi connectivity index (χ3v) is 6.98. The lowest BCUT2D eigenvalue weighted by molar-refractivity contribution is -0.120. The number of fused-ring (bicyclic) bond motifs is 1. The lowest BCUT2D eigenvalue weighted by Gasteiger charge is -2.16. The second-order valence-corrected chi connectivity index (χ2v) is 9.81. The van der Waals surface area contributed by atoms with Crippen LogP contribution < -0.4 is 21.3 Å². The standard InChI is InChI=1S/C30H30FN5O4/c1-18(37)33-16-23-17-36(30(39)40-23)22-10-11-24(26(31)13-22)20-8-6-19(7-9-20)14-34-28(29(32)38)12-21-15-35-27-5-3-2-4-25(21)27/h2-11,13,15,23,28,34-35H,12,14,16-17H2,1H3,(H2,32,38)(H,33,37)/t23-,28?/m0/s1. The van der Waals surface area contributed by atoms with Crippen molar-refractivity contribution in [2.45, 2.75) is 32.0 Å². The van der Waals surface area contributed by atoms with E-state index in [1.54, 1.807) is 12.1 Å². The molecule has 5 rings (SSSR count). The number of hydrogen-bond acceptors (Lipinski definition) is 5. The van der Waals surface area contributed by atoms with Crippen molar-refractivity contribution in [1.29, 1.82) is 0 Å². The molecule has 2 atom stereocenters. The predicted molar refractivity (Wildman–Crippen MR) is 150 cm³/mol. The Balaban J connectivity index is 1.22. The summed E-state index contributed by atoms with van der Waals surface area (Å²) in [6.45, 7) is 2.21. The Kier molecular flexibility index (Phi) is 7.79. The summed E-state index contributed by atoms with van der Waals surface area (Å²) in [5, 5.41) is 6.91. The van der Waals surface area contributed by atoms with Crippen molar-refractivity contribution in [3.63, 3.8) is 0 Å². The third-order valence-electron chi connectivity index (χ3n) is 6.98. The number of amides is 3. The highest BCUT2D eigenvalue weighted by molar-refractivity contribution is 5.90. The summed E-state index contributed by atoms with van der Waals surface area (Å²) in [4.78, 5) is 40.1. The van der Waals surface area contributed by atoms with Crippen LogP contribution in [0.15, 0.2) is 72.9 Å². The fraction of sp³-hybridized carbons (Fsp3) is 0.233. The minimum Gasteiger partial charge on any atom is -0.442 e. The summed E-state index contributed by atoms with van der Waals surface area (Å²) < 4.78 is 20.4. The predicted octanol–water partition coefficient (Wildman–Crippen LogP) is 3.62. The zero-order chi connectivity index (χ0) is 28.2.